The third-order valence-corrected chi connectivity index (χ3v) is 5.06. The van der Waals surface area contributed by atoms with Crippen LogP contribution in [0.4, 0.5) is 0 Å². The first-order chi connectivity index (χ1) is 13.8. The van der Waals surface area contributed by atoms with Gasteiger partial charge in [-0.1, -0.05) is 36.4 Å². The molecule has 3 aromatic carbocycles. The molecule has 0 aliphatic carbocycles. The predicted octanol–water partition coefficient (Wildman–Crippen LogP) is 4.22. The first-order valence-corrected chi connectivity index (χ1v) is 9.31. The van der Waals surface area contributed by atoms with Gasteiger partial charge in [0, 0.05) is 17.5 Å². The fourth-order valence-corrected chi connectivity index (χ4v) is 3.68. The summed E-state index contributed by atoms with van der Waals surface area (Å²) < 4.78 is 16.4. The Morgan fingerprint density at radius 2 is 1.89 bits per heavy atom. The van der Waals surface area contributed by atoms with Crippen LogP contribution in [0.3, 0.4) is 0 Å². The number of nitrogens with one attached hydrogen (secondary N) is 1. The van der Waals surface area contributed by atoms with Gasteiger partial charge in [0.05, 0.1) is 12.7 Å². The van der Waals surface area contributed by atoms with Gasteiger partial charge < -0.3 is 19.2 Å². The minimum atomic E-state index is -0.0172. The Hall–Kier alpha value is -3.47. The average molecular weight is 373 g/mol. The lowest BCUT2D eigenvalue weighted by atomic mass is 10.0. The van der Waals surface area contributed by atoms with Gasteiger partial charge in [-0.2, -0.15) is 0 Å². The minimum Gasteiger partial charge on any atom is -0.464 e. The third kappa shape index (κ3) is 3.05. The molecule has 0 radical (unpaired) electrons. The fourth-order valence-electron chi connectivity index (χ4n) is 3.68. The molecule has 1 N–H and O–H groups in total. The van der Waals surface area contributed by atoms with Crippen LogP contribution in [0.25, 0.3) is 21.7 Å². The van der Waals surface area contributed by atoms with Crippen LogP contribution in [0.1, 0.15) is 11.1 Å². The summed E-state index contributed by atoms with van der Waals surface area (Å²) in [4.78, 5) is 12.5. The maximum Gasteiger partial charge on any atom is 0.231 e. The van der Waals surface area contributed by atoms with Gasteiger partial charge >= 0.3 is 0 Å². The molecule has 1 aliphatic rings. The van der Waals surface area contributed by atoms with Crippen molar-refractivity contribution in [2.45, 2.75) is 12.8 Å². The van der Waals surface area contributed by atoms with Gasteiger partial charge in [0.25, 0.3) is 0 Å². The van der Waals surface area contributed by atoms with E-state index in [9.17, 15) is 4.79 Å². The largest absolute Gasteiger partial charge is 0.464 e. The molecule has 1 aromatic heterocycles. The van der Waals surface area contributed by atoms with Crippen molar-refractivity contribution in [3.8, 4) is 11.5 Å². The molecule has 2 heterocycles. The molecule has 0 spiro atoms. The molecule has 0 saturated heterocycles. The van der Waals surface area contributed by atoms with Gasteiger partial charge in [0.2, 0.25) is 12.7 Å². The summed E-state index contributed by atoms with van der Waals surface area (Å²) >= 11 is 0. The van der Waals surface area contributed by atoms with E-state index in [1.165, 1.54) is 0 Å². The van der Waals surface area contributed by atoms with Gasteiger partial charge in [0.1, 0.15) is 5.58 Å². The Morgan fingerprint density at radius 3 is 2.86 bits per heavy atom. The lowest BCUT2D eigenvalue weighted by molar-refractivity contribution is -0.120. The predicted molar refractivity (Wildman–Crippen MR) is 107 cm³/mol. The number of amides is 1. The van der Waals surface area contributed by atoms with Gasteiger partial charge in [-0.25, -0.2) is 0 Å². The Balaban J connectivity index is 1.26. The number of ether oxygens (including phenoxy) is 2. The smallest absolute Gasteiger partial charge is 0.231 e. The normalized spacial score (nSPS) is 12.6. The molecule has 28 heavy (non-hydrogen) atoms. The van der Waals surface area contributed by atoms with Gasteiger partial charge in [-0.15, -0.1) is 0 Å². The second-order valence-electron chi connectivity index (χ2n) is 6.89. The number of fused-ring (bicyclic) bond motifs is 4. The zero-order chi connectivity index (χ0) is 18.9. The summed E-state index contributed by atoms with van der Waals surface area (Å²) in [5.41, 5.74) is 2.82. The monoisotopic (exact) mass is 373 g/mol. The summed E-state index contributed by atoms with van der Waals surface area (Å²) in [7, 11) is 0. The van der Waals surface area contributed by atoms with Crippen molar-refractivity contribution in [2.75, 3.05) is 13.3 Å². The Morgan fingerprint density at radius 1 is 1.00 bits per heavy atom. The van der Waals surface area contributed by atoms with Crippen LogP contribution in [-0.2, 0) is 17.6 Å². The molecule has 0 bridgehead atoms. The van der Waals surface area contributed by atoms with E-state index in [2.05, 4.69) is 17.4 Å². The van der Waals surface area contributed by atoms with Gasteiger partial charge in [0.15, 0.2) is 11.5 Å². The van der Waals surface area contributed by atoms with Crippen LogP contribution in [0.15, 0.2) is 65.3 Å². The van der Waals surface area contributed by atoms with E-state index in [1.54, 1.807) is 6.26 Å². The number of rotatable bonds is 5. The Labute approximate surface area is 161 Å². The Bertz CT molecular complexity index is 1180. The van der Waals surface area contributed by atoms with E-state index in [1.807, 2.05) is 42.5 Å². The van der Waals surface area contributed by atoms with Crippen LogP contribution < -0.4 is 14.8 Å². The first kappa shape index (κ1) is 16.7. The van der Waals surface area contributed by atoms with E-state index < -0.39 is 0 Å². The van der Waals surface area contributed by atoms with Gasteiger partial charge in [-0.3, -0.25) is 4.79 Å². The van der Waals surface area contributed by atoms with E-state index in [4.69, 9.17) is 13.9 Å². The lowest BCUT2D eigenvalue weighted by Crippen LogP contribution is -2.27. The van der Waals surface area contributed by atoms with Crippen molar-refractivity contribution in [2.24, 2.45) is 0 Å². The van der Waals surface area contributed by atoms with Crippen molar-refractivity contribution in [3.05, 3.63) is 72.0 Å². The van der Waals surface area contributed by atoms with Crippen molar-refractivity contribution in [1.82, 2.24) is 5.32 Å². The summed E-state index contributed by atoms with van der Waals surface area (Å²) in [6, 6.07) is 18.0. The number of benzene rings is 3. The van der Waals surface area contributed by atoms with Crippen LogP contribution in [0.2, 0.25) is 0 Å². The number of carbonyl (C=O) groups is 1. The summed E-state index contributed by atoms with van der Waals surface area (Å²) in [5, 5.41) is 6.26. The van der Waals surface area contributed by atoms with Gasteiger partial charge in [-0.05, 0) is 41.0 Å². The third-order valence-electron chi connectivity index (χ3n) is 5.06. The lowest BCUT2D eigenvalue weighted by Gasteiger charge is -2.06. The number of furan rings is 1. The number of carbonyl (C=O) groups excluding carboxylic acids is 1. The van der Waals surface area contributed by atoms with Crippen molar-refractivity contribution in [3.63, 3.8) is 0 Å². The maximum atomic E-state index is 12.5. The molecule has 140 valence electrons. The van der Waals surface area contributed by atoms with Crippen LogP contribution in [0, 0.1) is 0 Å². The highest BCUT2D eigenvalue weighted by Gasteiger charge is 2.14. The van der Waals surface area contributed by atoms with Crippen LogP contribution in [0.5, 0.6) is 11.5 Å². The molecule has 5 rings (SSSR count). The second-order valence-corrected chi connectivity index (χ2v) is 6.89. The van der Waals surface area contributed by atoms with Crippen molar-refractivity contribution < 1.29 is 18.7 Å². The molecular weight excluding hydrogens is 354 g/mol. The zero-order valence-electron chi connectivity index (χ0n) is 15.2. The SMILES string of the molecule is O=C(Cc1coc2ccc3ccccc3c12)NCCc1ccc2c(c1)OCO2. The van der Waals surface area contributed by atoms with Crippen LogP contribution >= 0.6 is 0 Å². The molecule has 0 saturated carbocycles. The number of hydrogen-bond acceptors (Lipinski definition) is 4. The molecule has 5 heteroatoms. The molecular formula is C23H19NO4. The average Bonchev–Trinajstić information content (AvgIpc) is 3.34. The Kier molecular flexibility index (Phi) is 4.13. The summed E-state index contributed by atoms with van der Waals surface area (Å²) in [6.45, 7) is 0.831. The fraction of sp³-hybridized carbons (Fsp3) is 0.174. The molecule has 4 aromatic rings. The van der Waals surface area contributed by atoms with E-state index in [0.717, 1.165) is 50.8 Å². The highest BCUT2D eigenvalue weighted by molar-refractivity contribution is 6.08. The molecule has 5 nitrogen and oxygen atoms in total. The summed E-state index contributed by atoms with van der Waals surface area (Å²) in [5.74, 6) is 1.52. The first-order valence-electron chi connectivity index (χ1n) is 9.31. The highest BCUT2D eigenvalue weighted by Crippen LogP contribution is 2.32. The van der Waals surface area contributed by atoms with Crippen LogP contribution in [-0.4, -0.2) is 19.2 Å². The van der Waals surface area contributed by atoms with Crippen molar-refractivity contribution >= 4 is 27.6 Å². The van der Waals surface area contributed by atoms with E-state index >= 15 is 0 Å². The topological polar surface area (TPSA) is 60.7 Å². The highest BCUT2D eigenvalue weighted by atomic mass is 16.7. The molecule has 0 unspecified atom stereocenters. The van der Waals surface area contributed by atoms with Crippen molar-refractivity contribution in [1.29, 1.82) is 0 Å². The summed E-state index contributed by atoms with van der Waals surface area (Å²) in [6.07, 6.45) is 2.72. The maximum absolute atomic E-state index is 12.5. The molecule has 0 fully saturated rings. The minimum absolute atomic E-state index is 0.0172. The zero-order valence-corrected chi connectivity index (χ0v) is 15.2. The molecule has 1 amide bonds. The van der Waals surface area contributed by atoms with E-state index in [-0.39, 0.29) is 12.7 Å². The number of hydrogen-bond donors (Lipinski definition) is 1. The van der Waals surface area contributed by atoms with E-state index in [0.29, 0.717) is 13.0 Å². The molecule has 0 atom stereocenters. The standard InChI is InChI=1S/C23H19NO4/c25-22(24-10-9-15-5-7-19-21(11-15)28-14-27-19)12-17-13-26-20-8-6-16-3-1-2-4-18(16)23(17)20/h1-8,11,13H,9-10,12,14H2,(H,24,25). The quantitative estimate of drug-likeness (QED) is 0.569. The second kappa shape index (κ2) is 6.93. The molecule has 1 aliphatic heterocycles.